The van der Waals surface area contributed by atoms with Crippen LogP contribution in [-0.4, -0.2) is 25.9 Å². The van der Waals surface area contributed by atoms with Crippen LogP contribution in [0.1, 0.15) is 42.8 Å². The van der Waals surface area contributed by atoms with Gasteiger partial charge in [0.15, 0.2) is 8.32 Å². The summed E-state index contributed by atoms with van der Waals surface area (Å²) < 4.78 is 6.29. The third-order valence-corrected chi connectivity index (χ3v) is 8.60. The Bertz CT molecular complexity index is 524. The van der Waals surface area contributed by atoms with E-state index in [2.05, 4.69) is 33.9 Å². The summed E-state index contributed by atoms with van der Waals surface area (Å²) in [5.41, 5.74) is 11.9. The molecule has 0 heterocycles. The Hall–Kier alpha value is -1.37. The summed E-state index contributed by atoms with van der Waals surface area (Å²) in [4.78, 5) is 11.3. The normalized spacial score (nSPS) is 14.0. The Morgan fingerprint density at radius 2 is 1.95 bits per heavy atom. The van der Waals surface area contributed by atoms with Crippen LogP contribution >= 0.6 is 0 Å². The second kappa shape index (κ2) is 6.17. The number of hydrogen-bond donors (Lipinski definition) is 3. The van der Waals surface area contributed by atoms with E-state index in [1.54, 1.807) is 12.1 Å². The van der Waals surface area contributed by atoms with Gasteiger partial charge in [-0.2, -0.15) is 0 Å². The predicted octanol–water partition coefficient (Wildman–Crippen LogP) is 2.51. The summed E-state index contributed by atoms with van der Waals surface area (Å²) in [5.74, 6) is -0.799. The average molecular weight is 310 g/mol. The lowest BCUT2D eigenvalue weighted by Gasteiger charge is -2.39. The van der Waals surface area contributed by atoms with Crippen molar-refractivity contribution in [3.63, 3.8) is 0 Å². The van der Waals surface area contributed by atoms with E-state index in [4.69, 9.17) is 15.9 Å². The summed E-state index contributed by atoms with van der Waals surface area (Å²) in [6.07, 6.45) is -0.315. The maximum Gasteiger partial charge on any atom is 0.252 e. The van der Waals surface area contributed by atoms with E-state index in [9.17, 15) is 9.90 Å². The maximum absolute atomic E-state index is 11.3. The lowest BCUT2D eigenvalue weighted by molar-refractivity contribution is 0.0997. The third-order valence-electron chi connectivity index (χ3n) is 4.12. The van der Waals surface area contributed by atoms with Gasteiger partial charge in [0.05, 0.1) is 11.7 Å². The Morgan fingerprint density at radius 3 is 2.38 bits per heavy atom. The van der Waals surface area contributed by atoms with Crippen molar-refractivity contribution in [3.8, 4) is 5.75 Å². The van der Waals surface area contributed by atoms with E-state index in [-0.39, 0.29) is 22.5 Å². The van der Waals surface area contributed by atoms with Gasteiger partial charge in [0.25, 0.3) is 5.91 Å². The quantitative estimate of drug-likeness (QED) is 0.728. The summed E-state index contributed by atoms with van der Waals surface area (Å²) in [7, 11) is -1.99. The lowest BCUT2D eigenvalue weighted by Crippen LogP contribution is -2.43. The number of carbonyl (C=O) groups is 1. The molecule has 0 aliphatic carbocycles. The monoisotopic (exact) mass is 310 g/mol. The summed E-state index contributed by atoms with van der Waals surface area (Å²) in [5, 5.41) is 9.72. The molecule has 1 aromatic carbocycles. The molecule has 1 aromatic rings. The van der Waals surface area contributed by atoms with Gasteiger partial charge in [0, 0.05) is 6.54 Å². The van der Waals surface area contributed by atoms with Crippen LogP contribution in [0.4, 0.5) is 0 Å². The fourth-order valence-corrected chi connectivity index (χ4v) is 3.03. The zero-order chi connectivity index (χ0) is 16.4. The molecule has 0 unspecified atom stereocenters. The van der Waals surface area contributed by atoms with Gasteiger partial charge in [0.2, 0.25) is 0 Å². The number of rotatable bonds is 5. The van der Waals surface area contributed by atoms with Crippen molar-refractivity contribution in [1.82, 2.24) is 0 Å². The minimum atomic E-state index is -1.99. The van der Waals surface area contributed by atoms with Crippen molar-refractivity contribution in [2.45, 2.75) is 45.0 Å². The minimum Gasteiger partial charge on any atom is -0.507 e. The summed E-state index contributed by atoms with van der Waals surface area (Å²) >= 11 is 0. The van der Waals surface area contributed by atoms with Crippen LogP contribution in [-0.2, 0) is 4.43 Å². The van der Waals surface area contributed by atoms with Crippen molar-refractivity contribution in [3.05, 3.63) is 29.3 Å². The Labute approximate surface area is 127 Å². The van der Waals surface area contributed by atoms with Crippen LogP contribution in [0.2, 0.25) is 18.1 Å². The smallest absolute Gasteiger partial charge is 0.252 e. The molecular weight excluding hydrogens is 284 g/mol. The van der Waals surface area contributed by atoms with Crippen molar-refractivity contribution in [1.29, 1.82) is 0 Å². The largest absolute Gasteiger partial charge is 0.507 e. The van der Waals surface area contributed by atoms with E-state index >= 15 is 0 Å². The van der Waals surface area contributed by atoms with Crippen LogP contribution in [0.3, 0.4) is 0 Å². The number of aromatic hydroxyl groups is 1. The molecule has 6 heteroatoms. The van der Waals surface area contributed by atoms with Gasteiger partial charge >= 0.3 is 0 Å². The lowest BCUT2D eigenvalue weighted by atomic mass is 10.0. The molecule has 0 radical (unpaired) electrons. The molecule has 5 N–H and O–H groups in total. The van der Waals surface area contributed by atoms with Crippen molar-refractivity contribution < 1.29 is 14.3 Å². The molecule has 0 bridgehead atoms. The van der Waals surface area contributed by atoms with Gasteiger partial charge in [-0.05, 0) is 35.8 Å². The molecule has 0 saturated carbocycles. The fourth-order valence-electron chi connectivity index (χ4n) is 1.74. The van der Waals surface area contributed by atoms with Crippen molar-refractivity contribution in [2.24, 2.45) is 11.5 Å². The van der Waals surface area contributed by atoms with Crippen molar-refractivity contribution >= 4 is 14.2 Å². The zero-order valence-electron chi connectivity index (χ0n) is 13.4. The predicted molar refractivity (Wildman–Crippen MR) is 86.7 cm³/mol. The Balaban J connectivity index is 3.12. The third kappa shape index (κ3) is 4.06. The van der Waals surface area contributed by atoms with E-state index in [0.29, 0.717) is 6.54 Å². The average Bonchev–Trinajstić information content (AvgIpc) is 2.35. The van der Waals surface area contributed by atoms with Crippen LogP contribution in [0, 0.1) is 0 Å². The number of nitrogens with two attached hydrogens (primary N) is 2. The van der Waals surface area contributed by atoms with E-state index < -0.39 is 14.2 Å². The molecular formula is C15H26N2O3Si. The maximum atomic E-state index is 11.3. The number of amides is 1. The van der Waals surface area contributed by atoms with Gasteiger partial charge in [-0.1, -0.05) is 26.8 Å². The molecule has 21 heavy (non-hydrogen) atoms. The number of benzene rings is 1. The molecule has 0 aliphatic rings. The summed E-state index contributed by atoms with van der Waals surface area (Å²) in [6.45, 7) is 11.0. The first-order valence-electron chi connectivity index (χ1n) is 7.00. The SMILES string of the molecule is CC(C)(C)[Si](C)(C)O[C@@H](CN)c1ccc(O)c(C(N)=O)c1. The van der Waals surface area contributed by atoms with Crippen molar-refractivity contribution in [2.75, 3.05) is 6.54 Å². The number of hydrogen-bond acceptors (Lipinski definition) is 4. The highest BCUT2D eigenvalue weighted by Crippen LogP contribution is 2.39. The fraction of sp³-hybridized carbons (Fsp3) is 0.533. The van der Waals surface area contributed by atoms with Gasteiger partial charge in [-0.3, -0.25) is 4.79 Å². The van der Waals surface area contributed by atoms with Gasteiger partial charge in [-0.15, -0.1) is 0 Å². The second-order valence-corrected chi connectivity index (χ2v) is 11.5. The first-order chi connectivity index (χ1) is 9.49. The molecule has 118 valence electrons. The van der Waals surface area contributed by atoms with E-state index in [1.165, 1.54) is 6.07 Å². The molecule has 5 nitrogen and oxygen atoms in total. The van der Waals surface area contributed by atoms with E-state index in [1.807, 2.05) is 0 Å². The molecule has 1 rings (SSSR count). The molecule has 0 fully saturated rings. The molecule has 0 saturated heterocycles. The van der Waals surface area contributed by atoms with Crippen LogP contribution in [0.25, 0.3) is 0 Å². The summed E-state index contributed by atoms with van der Waals surface area (Å²) in [6, 6.07) is 4.72. The first-order valence-corrected chi connectivity index (χ1v) is 9.91. The van der Waals surface area contributed by atoms with Gasteiger partial charge in [-0.25, -0.2) is 0 Å². The van der Waals surface area contributed by atoms with Gasteiger partial charge in [0.1, 0.15) is 5.75 Å². The Morgan fingerprint density at radius 1 is 1.38 bits per heavy atom. The first kappa shape index (κ1) is 17.7. The van der Waals surface area contributed by atoms with Crippen LogP contribution in [0.15, 0.2) is 18.2 Å². The van der Waals surface area contributed by atoms with E-state index in [0.717, 1.165) is 5.56 Å². The number of phenols is 1. The highest BCUT2D eigenvalue weighted by atomic mass is 28.4. The molecule has 0 spiro atoms. The molecule has 0 aromatic heterocycles. The zero-order valence-corrected chi connectivity index (χ0v) is 14.4. The number of carbonyl (C=O) groups excluding carboxylic acids is 1. The van der Waals surface area contributed by atoms with Crippen LogP contribution in [0.5, 0.6) is 5.75 Å². The second-order valence-electron chi connectivity index (χ2n) is 6.74. The standard InChI is InChI=1S/C15H26N2O3Si/c1-15(2,3)21(4,5)20-13(9-16)10-6-7-12(18)11(8-10)14(17)19/h6-8,13,18H,9,16H2,1-5H3,(H2,17,19)/t13-/m0/s1. The Kier molecular flexibility index (Phi) is 5.19. The molecule has 1 amide bonds. The topological polar surface area (TPSA) is 98.6 Å². The minimum absolute atomic E-state index is 0.0594. The molecule has 0 aliphatic heterocycles. The number of primary amides is 1. The van der Waals surface area contributed by atoms with Gasteiger partial charge < -0.3 is 21.0 Å². The molecule has 1 atom stereocenters. The highest BCUT2D eigenvalue weighted by molar-refractivity contribution is 6.74. The highest BCUT2D eigenvalue weighted by Gasteiger charge is 2.39. The van der Waals surface area contributed by atoms with Crippen LogP contribution < -0.4 is 11.5 Å².